The summed E-state index contributed by atoms with van der Waals surface area (Å²) in [6, 6.07) is 8.68. The van der Waals surface area contributed by atoms with E-state index in [1.54, 1.807) is 27.8 Å². The highest BCUT2D eigenvalue weighted by atomic mass is 16.6. The molecule has 1 N–H and O–H groups in total. The summed E-state index contributed by atoms with van der Waals surface area (Å²) in [7, 11) is 1.54. The Morgan fingerprint density at radius 1 is 1.29 bits per heavy atom. The summed E-state index contributed by atoms with van der Waals surface area (Å²) < 4.78 is 10.5. The van der Waals surface area contributed by atoms with Crippen molar-refractivity contribution in [2.45, 2.75) is 32.4 Å². The number of benzene rings is 1. The lowest BCUT2D eigenvalue weighted by Crippen LogP contribution is -2.38. The van der Waals surface area contributed by atoms with Gasteiger partial charge in [0.05, 0.1) is 12.6 Å². The highest BCUT2D eigenvalue weighted by molar-refractivity contribution is 5.69. The number of carbonyl (C=O) groups excluding carboxylic acids is 2. The van der Waals surface area contributed by atoms with Crippen LogP contribution in [-0.2, 0) is 9.47 Å². The fourth-order valence-electron chi connectivity index (χ4n) is 1.82. The largest absolute Gasteiger partial charge is 0.447 e. The average molecular weight is 332 g/mol. The molecule has 2 amide bonds. The van der Waals surface area contributed by atoms with E-state index in [-0.39, 0.29) is 13.2 Å². The van der Waals surface area contributed by atoms with Crippen LogP contribution in [0.25, 0.3) is 0 Å². The third-order valence-corrected chi connectivity index (χ3v) is 2.91. The summed E-state index contributed by atoms with van der Waals surface area (Å²) in [5, 5.41) is 2.72. The van der Waals surface area contributed by atoms with Crippen LogP contribution in [0.4, 0.5) is 9.59 Å². The maximum absolute atomic E-state index is 12.0. The number of ether oxygens (including phenoxy) is 2. The first kappa shape index (κ1) is 19.4. The molecule has 0 unspecified atom stereocenters. The third kappa shape index (κ3) is 7.05. The molecular formula is C18H24N2O4. The number of hydrogen-bond donors (Lipinski definition) is 1. The predicted octanol–water partition coefficient (Wildman–Crippen LogP) is 2.95. The van der Waals surface area contributed by atoms with Crippen LogP contribution >= 0.6 is 0 Å². The molecule has 0 spiro atoms. The van der Waals surface area contributed by atoms with Crippen LogP contribution in [0.3, 0.4) is 0 Å². The summed E-state index contributed by atoms with van der Waals surface area (Å²) >= 11 is 0. The van der Waals surface area contributed by atoms with Crippen LogP contribution in [0.15, 0.2) is 30.3 Å². The maximum atomic E-state index is 12.0. The predicted molar refractivity (Wildman–Crippen MR) is 91.4 cm³/mol. The number of hydrogen-bond acceptors (Lipinski definition) is 4. The summed E-state index contributed by atoms with van der Waals surface area (Å²) in [6.07, 6.45) is 4.03. The van der Waals surface area contributed by atoms with E-state index in [9.17, 15) is 9.59 Å². The smallest absolute Gasteiger partial charge is 0.410 e. The van der Waals surface area contributed by atoms with Gasteiger partial charge in [-0.3, -0.25) is 0 Å². The van der Waals surface area contributed by atoms with Gasteiger partial charge in [0, 0.05) is 7.05 Å². The van der Waals surface area contributed by atoms with Crippen molar-refractivity contribution in [2.24, 2.45) is 0 Å². The van der Waals surface area contributed by atoms with Crippen molar-refractivity contribution >= 4 is 12.2 Å². The molecule has 1 rings (SSSR count). The Morgan fingerprint density at radius 2 is 1.92 bits per heavy atom. The lowest BCUT2D eigenvalue weighted by molar-refractivity contribution is 0.0458. The van der Waals surface area contributed by atoms with E-state index in [0.29, 0.717) is 0 Å². The molecule has 130 valence electrons. The SMILES string of the molecule is C#CCN(C)C(=O)OC[C@H](NC(=O)OC(C)(C)C)c1ccccc1. The average Bonchev–Trinajstić information content (AvgIpc) is 2.50. The highest BCUT2D eigenvalue weighted by Crippen LogP contribution is 2.15. The quantitative estimate of drug-likeness (QED) is 0.842. The van der Waals surface area contributed by atoms with E-state index in [1.807, 2.05) is 30.3 Å². The first-order chi connectivity index (χ1) is 11.2. The van der Waals surface area contributed by atoms with Gasteiger partial charge in [0.15, 0.2) is 0 Å². The molecule has 6 nitrogen and oxygen atoms in total. The molecule has 0 fully saturated rings. The molecule has 0 aliphatic heterocycles. The fourth-order valence-corrected chi connectivity index (χ4v) is 1.82. The van der Waals surface area contributed by atoms with E-state index in [2.05, 4.69) is 11.2 Å². The minimum absolute atomic E-state index is 0.0308. The van der Waals surface area contributed by atoms with Crippen molar-refractivity contribution < 1.29 is 19.1 Å². The summed E-state index contributed by atoms with van der Waals surface area (Å²) in [6.45, 7) is 5.45. The highest BCUT2D eigenvalue weighted by Gasteiger charge is 2.22. The van der Waals surface area contributed by atoms with Gasteiger partial charge in [0.2, 0.25) is 0 Å². The van der Waals surface area contributed by atoms with Crippen molar-refractivity contribution in [2.75, 3.05) is 20.2 Å². The molecule has 0 aliphatic rings. The Bertz CT molecular complexity index is 587. The third-order valence-electron chi connectivity index (χ3n) is 2.91. The van der Waals surface area contributed by atoms with Gasteiger partial charge in [-0.05, 0) is 26.3 Å². The van der Waals surface area contributed by atoms with Crippen LogP contribution in [0.5, 0.6) is 0 Å². The topological polar surface area (TPSA) is 67.9 Å². The van der Waals surface area contributed by atoms with Crippen molar-refractivity contribution in [1.82, 2.24) is 10.2 Å². The van der Waals surface area contributed by atoms with Gasteiger partial charge in [-0.1, -0.05) is 36.3 Å². The normalized spacial score (nSPS) is 11.8. The lowest BCUT2D eigenvalue weighted by Gasteiger charge is -2.24. The number of amides is 2. The molecule has 24 heavy (non-hydrogen) atoms. The molecule has 0 bridgehead atoms. The second-order valence-electron chi connectivity index (χ2n) is 6.25. The van der Waals surface area contributed by atoms with Crippen LogP contribution < -0.4 is 5.32 Å². The van der Waals surface area contributed by atoms with Crippen LogP contribution in [0.1, 0.15) is 32.4 Å². The van der Waals surface area contributed by atoms with Gasteiger partial charge in [0.1, 0.15) is 12.2 Å². The Hall–Kier alpha value is -2.68. The van der Waals surface area contributed by atoms with Crippen molar-refractivity contribution in [1.29, 1.82) is 0 Å². The van der Waals surface area contributed by atoms with Gasteiger partial charge < -0.3 is 19.7 Å². The van der Waals surface area contributed by atoms with Gasteiger partial charge in [-0.15, -0.1) is 6.42 Å². The van der Waals surface area contributed by atoms with Gasteiger partial charge in [-0.25, -0.2) is 9.59 Å². The minimum Gasteiger partial charge on any atom is -0.447 e. The zero-order valence-corrected chi connectivity index (χ0v) is 14.5. The molecule has 0 saturated heterocycles. The summed E-state index contributed by atoms with van der Waals surface area (Å²) in [4.78, 5) is 25.1. The van der Waals surface area contributed by atoms with E-state index >= 15 is 0 Å². The molecule has 1 atom stereocenters. The van der Waals surface area contributed by atoms with Gasteiger partial charge in [0.25, 0.3) is 0 Å². The fraction of sp³-hybridized carbons (Fsp3) is 0.444. The molecule has 0 radical (unpaired) electrons. The van der Waals surface area contributed by atoms with Crippen LogP contribution in [-0.4, -0.2) is 42.9 Å². The van der Waals surface area contributed by atoms with Crippen molar-refractivity contribution in [3.63, 3.8) is 0 Å². The summed E-state index contributed by atoms with van der Waals surface area (Å²) in [5.41, 5.74) is 0.186. The molecular weight excluding hydrogens is 308 g/mol. The standard InChI is InChI=1S/C18H24N2O4/c1-6-12-20(5)17(22)23-13-15(14-10-8-7-9-11-14)19-16(21)24-18(2,3)4/h1,7-11,15H,12-13H2,2-5H3,(H,19,21)/t15-/m0/s1. The van der Waals surface area contributed by atoms with E-state index in [4.69, 9.17) is 15.9 Å². The molecule has 0 heterocycles. The summed E-state index contributed by atoms with van der Waals surface area (Å²) in [5.74, 6) is 2.36. The number of alkyl carbamates (subject to hydrolysis) is 1. The zero-order chi connectivity index (χ0) is 18.2. The Balaban J connectivity index is 2.75. The Kier molecular flexibility index (Phi) is 7.12. The van der Waals surface area contributed by atoms with Crippen molar-refractivity contribution in [3.05, 3.63) is 35.9 Å². The van der Waals surface area contributed by atoms with E-state index in [0.717, 1.165) is 5.56 Å². The van der Waals surface area contributed by atoms with E-state index in [1.165, 1.54) is 4.90 Å². The zero-order valence-electron chi connectivity index (χ0n) is 14.5. The molecule has 1 aromatic carbocycles. The number of nitrogens with zero attached hydrogens (tertiary/aromatic N) is 1. The first-order valence-electron chi connectivity index (χ1n) is 7.58. The lowest BCUT2D eigenvalue weighted by atomic mass is 10.1. The maximum Gasteiger partial charge on any atom is 0.410 e. The minimum atomic E-state index is -0.616. The van der Waals surface area contributed by atoms with Crippen molar-refractivity contribution in [3.8, 4) is 12.3 Å². The molecule has 6 heteroatoms. The first-order valence-corrected chi connectivity index (χ1v) is 7.58. The van der Waals surface area contributed by atoms with Gasteiger partial charge in [-0.2, -0.15) is 0 Å². The molecule has 1 aromatic rings. The Morgan fingerprint density at radius 3 is 2.46 bits per heavy atom. The second kappa shape index (κ2) is 8.82. The molecule has 0 aliphatic carbocycles. The molecule has 0 saturated carbocycles. The van der Waals surface area contributed by atoms with Gasteiger partial charge >= 0.3 is 12.2 Å². The van der Waals surface area contributed by atoms with E-state index < -0.39 is 23.8 Å². The Labute approximate surface area is 143 Å². The number of terminal acetylenes is 1. The monoisotopic (exact) mass is 332 g/mol. The number of rotatable bonds is 5. The van der Waals surface area contributed by atoms with Crippen LogP contribution in [0.2, 0.25) is 0 Å². The number of carbonyl (C=O) groups is 2. The second-order valence-corrected chi connectivity index (χ2v) is 6.25. The molecule has 0 aromatic heterocycles. The number of nitrogens with one attached hydrogen (secondary N) is 1. The van der Waals surface area contributed by atoms with Crippen LogP contribution in [0, 0.1) is 12.3 Å².